The molecule has 0 aliphatic heterocycles. The Morgan fingerprint density at radius 1 is 0.815 bits per heavy atom. The first kappa shape index (κ1) is 17.4. The van der Waals surface area contributed by atoms with Crippen LogP contribution in [0.3, 0.4) is 0 Å². The average Bonchev–Trinajstić information content (AvgIpc) is 3.09. The second kappa shape index (κ2) is 6.59. The van der Waals surface area contributed by atoms with Gasteiger partial charge in [0.25, 0.3) is 10.0 Å². The van der Waals surface area contributed by atoms with Crippen LogP contribution in [-0.4, -0.2) is 19.4 Å². The van der Waals surface area contributed by atoms with Crippen LogP contribution in [0.5, 0.6) is 0 Å². The fraction of sp³-hybridized carbons (Fsp3) is 0.0909. The second-order valence-corrected chi connectivity index (χ2v) is 8.35. The van der Waals surface area contributed by atoms with Gasteiger partial charge in [-0.1, -0.05) is 54.1 Å². The van der Waals surface area contributed by atoms with Crippen molar-refractivity contribution in [2.24, 2.45) is 0 Å². The predicted molar refractivity (Wildman–Crippen MR) is 110 cm³/mol. The molecule has 0 bridgehead atoms. The highest BCUT2D eigenvalue weighted by atomic mass is 32.2. The number of aromatic nitrogens is 1. The molecule has 3 aromatic carbocycles. The first-order valence-corrected chi connectivity index (χ1v) is 10.1. The molecule has 0 fully saturated rings. The zero-order valence-corrected chi connectivity index (χ0v) is 16.0. The van der Waals surface area contributed by atoms with E-state index in [2.05, 4.69) is 0 Å². The van der Waals surface area contributed by atoms with E-state index in [4.69, 9.17) is 0 Å². The summed E-state index contributed by atoms with van der Waals surface area (Å²) in [5, 5.41) is 0.888. The van der Waals surface area contributed by atoms with Crippen LogP contribution in [0, 0.1) is 6.92 Å². The molecule has 0 amide bonds. The maximum Gasteiger partial charge on any atom is 0.268 e. The maximum absolute atomic E-state index is 13.3. The van der Waals surface area contributed by atoms with Gasteiger partial charge in [-0.2, -0.15) is 0 Å². The third-order valence-corrected chi connectivity index (χ3v) is 6.43. The number of para-hydroxylation sites is 2. The second-order valence-electron chi connectivity index (χ2n) is 6.54. The standard InChI is InChI=1S/C22H20N2O2S/c1-17-12-14-19(15-13-17)27(25,26)24-16-22(20-10-6-7-11-21(20)24)23(2)18-8-4-3-5-9-18/h3-16H,1-2H3. The molecular weight excluding hydrogens is 356 g/mol. The molecular formula is C22H20N2O2S. The van der Waals surface area contributed by atoms with E-state index < -0.39 is 10.0 Å². The Balaban J connectivity index is 1.91. The van der Waals surface area contributed by atoms with E-state index in [-0.39, 0.29) is 4.90 Å². The monoisotopic (exact) mass is 376 g/mol. The minimum Gasteiger partial charge on any atom is -0.343 e. The molecule has 1 aromatic heterocycles. The highest BCUT2D eigenvalue weighted by Gasteiger charge is 2.22. The number of aryl methyl sites for hydroxylation is 1. The zero-order chi connectivity index (χ0) is 19.0. The summed E-state index contributed by atoms with van der Waals surface area (Å²) in [5.41, 5.74) is 3.52. The SMILES string of the molecule is Cc1ccc(S(=O)(=O)n2cc(N(C)c3ccccc3)c3ccccc32)cc1. The van der Waals surface area contributed by atoms with Gasteiger partial charge in [-0.25, -0.2) is 12.4 Å². The first-order valence-electron chi connectivity index (χ1n) is 8.69. The number of rotatable bonds is 4. The van der Waals surface area contributed by atoms with Crippen molar-refractivity contribution in [1.29, 1.82) is 0 Å². The summed E-state index contributed by atoms with van der Waals surface area (Å²) in [6, 6.07) is 24.4. The molecule has 0 saturated heterocycles. The molecule has 136 valence electrons. The van der Waals surface area contributed by atoms with E-state index in [0.29, 0.717) is 5.52 Å². The molecule has 4 rings (SSSR count). The van der Waals surface area contributed by atoms with Gasteiger partial charge in [0.15, 0.2) is 0 Å². The molecule has 0 unspecified atom stereocenters. The quantitative estimate of drug-likeness (QED) is 0.506. The van der Waals surface area contributed by atoms with Gasteiger partial charge in [0.2, 0.25) is 0 Å². The highest BCUT2D eigenvalue weighted by Crippen LogP contribution is 2.34. The van der Waals surface area contributed by atoms with Gasteiger partial charge in [-0.05, 0) is 37.3 Å². The lowest BCUT2D eigenvalue weighted by atomic mass is 10.2. The minimum absolute atomic E-state index is 0.280. The molecule has 0 N–H and O–H groups in total. The molecule has 0 atom stereocenters. The van der Waals surface area contributed by atoms with Gasteiger partial charge in [0.1, 0.15) is 0 Å². The number of benzene rings is 3. The maximum atomic E-state index is 13.3. The Morgan fingerprint density at radius 3 is 2.15 bits per heavy atom. The van der Waals surface area contributed by atoms with Crippen molar-refractivity contribution in [3.8, 4) is 0 Å². The van der Waals surface area contributed by atoms with Crippen LogP contribution >= 0.6 is 0 Å². The highest BCUT2D eigenvalue weighted by molar-refractivity contribution is 7.90. The number of anilines is 2. The Hall–Kier alpha value is -3.05. The Morgan fingerprint density at radius 2 is 1.44 bits per heavy atom. The number of hydrogen-bond acceptors (Lipinski definition) is 3. The Bertz CT molecular complexity index is 1190. The van der Waals surface area contributed by atoms with Gasteiger partial charge in [0.05, 0.1) is 16.1 Å². The molecule has 4 aromatic rings. The van der Waals surface area contributed by atoms with Crippen LogP contribution < -0.4 is 4.90 Å². The van der Waals surface area contributed by atoms with E-state index in [1.165, 1.54) is 3.97 Å². The van der Waals surface area contributed by atoms with Crippen LogP contribution in [0.25, 0.3) is 10.9 Å². The smallest absolute Gasteiger partial charge is 0.268 e. The lowest BCUT2D eigenvalue weighted by molar-refractivity contribution is 0.589. The van der Waals surface area contributed by atoms with Crippen molar-refractivity contribution in [3.05, 3.63) is 90.6 Å². The number of nitrogens with zero attached hydrogens (tertiary/aromatic N) is 2. The molecule has 4 nitrogen and oxygen atoms in total. The van der Waals surface area contributed by atoms with Crippen LogP contribution in [0.4, 0.5) is 11.4 Å². The fourth-order valence-corrected chi connectivity index (χ4v) is 4.58. The van der Waals surface area contributed by atoms with Crippen molar-refractivity contribution in [2.75, 3.05) is 11.9 Å². The van der Waals surface area contributed by atoms with Crippen molar-refractivity contribution >= 4 is 32.3 Å². The first-order chi connectivity index (χ1) is 13.0. The summed E-state index contributed by atoms with van der Waals surface area (Å²) in [4.78, 5) is 2.28. The third-order valence-electron chi connectivity index (χ3n) is 4.74. The summed E-state index contributed by atoms with van der Waals surface area (Å²) in [6.45, 7) is 1.94. The Kier molecular flexibility index (Phi) is 4.24. The molecule has 0 radical (unpaired) electrons. The van der Waals surface area contributed by atoms with E-state index in [1.807, 2.05) is 85.6 Å². The van der Waals surface area contributed by atoms with E-state index in [0.717, 1.165) is 22.3 Å². The summed E-state index contributed by atoms with van der Waals surface area (Å²) >= 11 is 0. The summed E-state index contributed by atoms with van der Waals surface area (Å²) in [5.74, 6) is 0. The van der Waals surface area contributed by atoms with Crippen molar-refractivity contribution in [3.63, 3.8) is 0 Å². The van der Waals surface area contributed by atoms with Gasteiger partial charge >= 0.3 is 0 Å². The largest absolute Gasteiger partial charge is 0.343 e. The van der Waals surface area contributed by atoms with Gasteiger partial charge < -0.3 is 4.90 Å². The van der Waals surface area contributed by atoms with E-state index >= 15 is 0 Å². The molecule has 0 aliphatic rings. The molecule has 27 heavy (non-hydrogen) atoms. The van der Waals surface area contributed by atoms with Gasteiger partial charge in [0, 0.05) is 24.3 Å². The normalized spacial score (nSPS) is 11.6. The van der Waals surface area contributed by atoms with Crippen LogP contribution in [0.15, 0.2) is 90.0 Å². The minimum atomic E-state index is -3.69. The lowest BCUT2D eigenvalue weighted by Crippen LogP contribution is -2.12. The fourth-order valence-electron chi connectivity index (χ4n) is 3.21. The average molecular weight is 376 g/mol. The third kappa shape index (κ3) is 3.00. The summed E-state index contributed by atoms with van der Waals surface area (Å²) in [6.07, 6.45) is 1.70. The molecule has 5 heteroatoms. The summed E-state index contributed by atoms with van der Waals surface area (Å²) < 4.78 is 27.9. The molecule has 0 saturated carbocycles. The van der Waals surface area contributed by atoms with E-state index in [1.54, 1.807) is 18.3 Å². The molecule has 0 spiro atoms. The topological polar surface area (TPSA) is 42.3 Å². The van der Waals surface area contributed by atoms with E-state index in [9.17, 15) is 8.42 Å². The number of fused-ring (bicyclic) bond motifs is 1. The van der Waals surface area contributed by atoms with Crippen LogP contribution in [0.2, 0.25) is 0 Å². The zero-order valence-electron chi connectivity index (χ0n) is 15.2. The Labute approximate surface area is 159 Å². The predicted octanol–water partition coefficient (Wildman–Crippen LogP) is 4.95. The molecule has 0 aliphatic carbocycles. The van der Waals surface area contributed by atoms with Crippen LogP contribution in [0.1, 0.15) is 5.56 Å². The molecule has 1 heterocycles. The van der Waals surface area contributed by atoms with Crippen molar-refractivity contribution in [1.82, 2.24) is 3.97 Å². The van der Waals surface area contributed by atoms with Crippen molar-refractivity contribution in [2.45, 2.75) is 11.8 Å². The van der Waals surface area contributed by atoms with Gasteiger partial charge in [-0.15, -0.1) is 0 Å². The van der Waals surface area contributed by atoms with Crippen molar-refractivity contribution < 1.29 is 8.42 Å². The lowest BCUT2D eigenvalue weighted by Gasteiger charge is -2.18. The summed E-state index contributed by atoms with van der Waals surface area (Å²) in [7, 11) is -1.74. The van der Waals surface area contributed by atoms with Crippen LogP contribution in [-0.2, 0) is 10.0 Å². The number of hydrogen-bond donors (Lipinski definition) is 0. The van der Waals surface area contributed by atoms with Gasteiger partial charge in [-0.3, -0.25) is 0 Å².